The number of aromatic nitrogens is 2. The van der Waals surface area contributed by atoms with E-state index >= 15 is 0 Å². The van der Waals surface area contributed by atoms with Crippen molar-refractivity contribution in [1.29, 1.82) is 0 Å². The Hall–Kier alpha value is -3.92. The van der Waals surface area contributed by atoms with Gasteiger partial charge < -0.3 is 10.3 Å². The zero-order valence-corrected chi connectivity index (χ0v) is 17.1. The molecule has 2 heterocycles. The molecule has 31 heavy (non-hydrogen) atoms. The molecule has 0 aliphatic rings. The van der Waals surface area contributed by atoms with Crippen LogP contribution >= 0.6 is 0 Å². The topological polar surface area (TPSA) is 57.8 Å². The van der Waals surface area contributed by atoms with Crippen molar-refractivity contribution in [3.63, 3.8) is 0 Å². The highest BCUT2D eigenvalue weighted by molar-refractivity contribution is 5.92. The van der Waals surface area contributed by atoms with E-state index in [1.54, 1.807) is 0 Å². The van der Waals surface area contributed by atoms with Crippen molar-refractivity contribution < 1.29 is 4.79 Å². The molecule has 2 N–H and O–H groups in total. The molecule has 0 saturated carbocycles. The number of amides is 1. The first-order valence-electron chi connectivity index (χ1n) is 10.6. The lowest BCUT2D eigenvalue weighted by atomic mass is 10.0. The molecule has 0 fully saturated rings. The molecule has 0 spiro atoms. The Balaban J connectivity index is 1.40. The molecule has 1 amide bonds. The maximum absolute atomic E-state index is 12.4. The van der Waals surface area contributed by atoms with Crippen LogP contribution in [-0.4, -0.2) is 15.9 Å². The lowest BCUT2D eigenvalue weighted by molar-refractivity contribution is -0.116. The van der Waals surface area contributed by atoms with Gasteiger partial charge in [0, 0.05) is 28.4 Å². The van der Waals surface area contributed by atoms with Crippen LogP contribution in [0, 0.1) is 0 Å². The Kier molecular flexibility index (Phi) is 5.19. The van der Waals surface area contributed by atoms with Crippen molar-refractivity contribution in [1.82, 2.24) is 9.97 Å². The second-order valence-corrected chi connectivity index (χ2v) is 7.68. The average molecular weight is 406 g/mol. The molecular formula is C27H23N3O. The van der Waals surface area contributed by atoms with Crippen molar-refractivity contribution in [2.24, 2.45) is 0 Å². The molecule has 0 aliphatic carbocycles. The van der Waals surface area contributed by atoms with E-state index < -0.39 is 0 Å². The number of para-hydroxylation sites is 3. The van der Waals surface area contributed by atoms with Gasteiger partial charge in [0.25, 0.3) is 0 Å². The third-order valence-electron chi connectivity index (χ3n) is 5.56. The first-order valence-corrected chi connectivity index (χ1v) is 10.6. The van der Waals surface area contributed by atoms with Gasteiger partial charge in [0.2, 0.25) is 5.91 Å². The summed E-state index contributed by atoms with van der Waals surface area (Å²) < 4.78 is 0. The standard InChI is InChI=1S/C27H23N3O/c31-26(28-20-10-2-1-3-11-20)16-8-13-22-21-12-5-7-15-24(21)30-27(22)25-18-17-19-9-4-6-14-23(19)29-25/h1-7,9-12,14-15,17-18,30H,8,13,16H2,(H,28,31). The third kappa shape index (κ3) is 4.05. The fourth-order valence-electron chi connectivity index (χ4n) is 4.05. The van der Waals surface area contributed by atoms with E-state index in [0.29, 0.717) is 6.42 Å². The Labute approximate surface area is 181 Å². The summed E-state index contributed by atoms with van der Waals surface area (Å²) in [5.74, 6) is 0.0384. The number of carbonyl (C=O) groups is 1. The minimum absolute atomic E-state index is 0.0384. The summed E-state index contributed by atoms with van der Waals surface area (Å²) >= 11 is 0. The SMILES string of the molecule is O=C(CCCc1c(-c2ccc3ccccc3n2)[nH]c2ccccc12)Nc1ccccc1. The number of pyridine rings is 1. The molecule has 0 bridgehead atoms. The molecule has 0 aliphatic heterocycles. The number of aromatic amines is 1. The summed E-state index contributed by atoms with van der Waals surface area (Å²) in [6, 6.07) is 30.2. The van der Waals surface area contributed by atoms with Crippen LogP contribution in [0.1, 0.15) is 18.4 Å². The fourth-order valence-corrected chi connectivity index (χ4v) is 4.05. The number of hydrogen-bond acceptors (Lipinski definition) is 2. The van der Waals surface area contributed by atoms with Gasteiger partial charge in [-0.3, -0.25) is 4.79 Å². The minimum atomic E-state index is 0.0384. The predicted molar refractivity (Wildman–Crippen MR) is 127 cm³/mol. The number of hydrogen-bond donors (Lipinski definition) is 2. The number of aryl methyl sites for hydroxylation is 1. The zero-order chi connectivity index (χ0) is 21.0. The Morgan fingerprint density at radius 3 is 2.52 bits per heavy atom. The summed E-state index contributed by atoms with van der Waals surface area (Å²) in [5, 5.41) is 5.28. The Morgan fingerprint density at radius 1 is 0.839 bits per heavy atom. The highest BCUT2D eigenvalue weighted by Gasteiger charge is 2.15. The normalized spacial score (nSPS) is 11.1. The molecule has 0 atom stereocenters. The first kappa shape index (κ1) is 19.1. The predicted octanol–water partition coefficient (Wildman–Crippen LogP) is 6.34. The zero-order valence-electron chi connectivity index (χ0n) is 17.1. The number of carbonyl (C=O) groups excluding carboxylic acids is 1. The van der Waals surface area contributed by atoms with Crippen LogP contribution in [0.5, 0.6) is 0 Å². The van der Waals surface area contributed by atoms with E-state index in [0.717, 1.165) is 46.3 Å². The van der Waals surface area contributed by atoms with Crippen molar-refractivity contribution in [2.75, 3.05) is 5.32 Å². The Bertz CT molecular complexity index is 1360. The third-order valence-corrected chi connectivity index (χ3v) is 5.56. The van der Waals surface area contributed by atoms with Crippen LogP contribution < -0.4 is 5.32 Å². The highest BCUT2D eigenvalue weighted by Crippen LogP contribution is 2.31. The van der Waals surface area contributed by atoms with Crippen molar-refractivity contribution in [2.45, 2.75) is 19.3 Å². The summed E-state index contributed by atoms with van der Waals surface area (Å²) in [4.78, 5) is 20.8. The number of H-pyrrole nitrogens is 1. The van der Waals surface area contributed by atoms with Crippen LogP contribution in [0.3, 0.4) is 0 Å². The van der Waals surface area contributed by atoms with Gasteiger partial charge in [0.1, 0.15) is 0 Å². The van der Waals surface area contributed by atoms with Crippen molar-refractivity contribution in [3.05, 3.63) is 96.6 Å². The molecule has 5 aromatic rings. The van der Waals surface area contributed by atoms with Crippen LogP contribution in [0.25, 0.3) is 33.2 Å². The number of fused-ring (bicyclic) bond motifs is 2. The van der Waals surface area contributed by atoms with Gasteiger partial charge in [0.15, 0.2) is 0 Å². The summed E-state index contributed by atoms with van der Waals surface area (Å²) in [6.07, 6.45) is 2.04. The van der Waals surface area contributed by atoms with Gasteiger partial charge in [-0.25, -0.2) is 4.98 Å². The van der Waals surface area contributed by atoms with Gasteiger partial charge in [-0.2, -0.15) is 0 Å². The highest BCUT2D eigenvalue weighted by atomic mass is 16.1. The number of rotatable bonds is 6. The molecule has 0 unspecified atom stereocenters. The van der Waals surface area contributed by atoms with Gasteiger partial charge in [-0.05, 0) is 48.7 Å². The monoisotopic (exact) mass is 405 g/mol. The Morgan fingerprint density at radius 2 is 1.61 bits per heavy atom. The average Bonchev–Trinajstić information content (AvgIpc) is 3.18. The maximum atomic E-state index is 12.4. The van der Waals surface area contributed by atoms with Crippen LogP contribution in [0.2, 0.25) is 0 Å². The lowest BCUT2D eigenvalue weighted by Gasteiger charge is -2.07. The van der Waals surface area contributed by atoms with Gasteiger partial charge in [-0.15, -0.1) is 0 Å². The quantitative estimate of drug-likeness (QED) is 0.346. The van der Waals surface area contributed by atoms with Crippen LogP contribution in [0.15, 0.2) is 91.0 Å². The summed E-state index contributed by atoms with van der Waals surface area (Å²) in [5.41, 5.74) is 6.09. The molecule has 3 aromatic carbocycles. The molecule has 2 aromatic heterocycles. The second-order valence-electron chi connectivity index (χ2n) is 7.68. The minimum Gasteiger partial charge on any atom is -0.353 e. The van der Waals surface area contributed by atoms with Gasteiger partial charge >= 0.3 is 0 Å². The smallest absolute Gasteiger partial charge is 0.224 e. The first-order chi connectivity index (χ1) is 15.3. The van der Waals surface area contributed by atoms with Crippen molar-refractivity contribution in [3.8, 4) is 11.4 Å². The molecule has 5 rings (SSSR count). The van der Waals surface area contributed by atoms with E-state index in [2.05, 4.69) is 46.7 Å². The van der Waals surface area contributed by atoms with E-state index in [1.807, 2.05) is 54.6 Å². The molecule has 4 heteroatoms. The molecule has 0 radical (unpaired) electrons. The van der Waals surface area contributed by atoms with Gasteiger partial charge in [-0.1, -0.05) is 60.7 Å². The van der Waals surface area contributed by atoms with Gasteiger partial charge in [0.05, 0.1) is 16.9 Å². The number of benzene rings is 3. The largest absolute Gasteiger partial charge is 0.353 e. The molecule has 4 nitrogen and oxygen atoms in total. The van der Waals surface area contributed by atoms with Crippen LogP contribution in [0.4, 0.5) is 5.69 Å². The fraction of sp³-hybridized carbons (Fsp3) is 0.111. The van der Waals surface area contributed by atoms with Crippen molar-refractivity contribution >= 4 is 33.4 Å². The van der Waals surface area contributed by atoms with E-state index in [4.69, 9.17) is 4.98 Å². The van der Waals surface area contributed by atoms with Crippen LogP contribution in [-0.2, 0) is 11.2 Å². The second kappa shape index (κ2) is 8.44. The summed E-state index contributed by atoms with van der Waals surface area (Å²) in [7, 11) is 0. The summed E-state index contributed by atoms with van der Waals surface area (Å²) in [6.45, 7) is 0. The van der Waals surface area contributed by atoms with E-state index in [9.17, 15) is 4.79 Å². The molecule has 0 saturated heterocycles. The lowest BCUT2D eigenvalue weighted by Crippen LogP contribution is -2.11. The molecular weight excluding hydrogens is 382 g/mol. The molecule has 152 valence electrons. The van der Waals surface area contributed by atoms with E-state index in [1.165, 1.54) is 10.9 Å². The number of nitrogens with one attached hydrogen (secondary N) is 2. The van der Waals surface area contributed by atoms with E-state index in [-0.39, 0.29) is 5.91 Å². The number of anilines is 1. The maximum Gasteiger partial charge on any atom is 0.224 e. The number of nitrogens with zero attached hydrogens (tertiary/aromatic N) is 1.